The van der Waals surface area contributed by atoms with E-state index in [0.29, 0.717) is 5.88 Å². The van der Waals surface area contributed by atoms with Crippen molar-refractivity contribution < 1.29 is 9.47 Å². The lowest BCUT2D eigenvalue weighted by molar-refractivity contribution is 0.122. The number of aryl methyl sites for hydroxylation is 1. The number of anilines is 1. The minimum Gasteiger partial charge on any atom is -0.480 e. The number of methoxy groups -OCH3 is 1. The molecular formula is C15H16N4O2S. The summed E-state index contributed by atoms with van der Waals surface area (Å²) in [6, 6.07) is 2.13. The highest BCUT2D eigenvalue weighted by Gasteiger charge is 2.18. The third kappa shape index (κ3) is 2.08. The normalized spacial score (nSPS) is 15.6. The van der Waals surface area contributed by atoms with Crippen molar-refractivity contribution in [2.24, 2.45) is 0 Å². The average Bonchev–Trinajstić information content (AvgIpc) is 2.94. The van der Waals surface area contributed by atoms with Gasteiger partial charge in [0.2, 0.25) is 5.88 Å². The summed E-state index contributed by atoms with van der Waals surface area (Å²) < 4.78 is 11.7. The molecule has 0 aliphatic carbocycles. The van der Waals surface area contributed by atoms with Gasteiger partial charge in [0, 0.05) is 18.5 Å². The number of hydrogen-bond acceptors (Lipinski definition) is 7. The van der Waals surface area contributed by atoms with Gasteiger partial charge in [-0.3, -0.25) is 0 Å². The second-order valence-electron chi connectivity index (χ2n) is 5.24. The van der Waals surface area contributed by atoms with Crippen molar-refractivity contribution in [2.45, 2.75) is 6.92 Å². The van der Waals surface area contributed by atoms with Crippen LogP contribution in [-0.4, -0.2) is 48.4 Å². The first-order chi connectivity index (χ1) is 10.8. The Labute approximate surface area is 131 Å². The van der Waals surface area contributed by atoms with Gasteiger partial charge in [-0.15, -0.1) is 11.3 Å². The van der Waals surface area contributed by atoms with Crippen molar-refractivity contribution in [3.63, 3.8) is 0 Å². The highest BCUT2D eigenvalue weighted by atomic mass is 32.1. The Bertz CT molecular complexity index is 842. The Hall–Kier alpha value is -1.99. The number of pyridine rings is 1. The van der Waals surface area contributed by atoms with Crippen LogP contribution in [0, 0.1) is 6.92 Å². The molecule has 7 heteroatoms. The standard InChI is InChI=1S/C15H16N4O2S/c1-9-7-10(19-3-5-21-6-4-19)18-15-11(9)12-13(22-15)14(20-2)17-8-16-12/h7-8H,3-6H2,1-2H3. The van der Waals surface area contributed by atoms with Crippen LogP contribution in [0.15, 0.2) is 12.4 Å². The Morgan fingerprint density at radius 2 is 2.09 bits per heavy atom. The van der Waals surface area contributed by atoms with E-state index in [4.69, 9.17) is 14.5 Å². The van der Waals surface area contributed by atoms with Gasteiger partial charge in [-0.25, -0.2) is 15.0 Å². The zero-order valence-electron chi connectivity index (χ0n) is 12.5. The van der Waals surface area contributed by atoms with Gasteiger partial charge in [-0.05, 0) is 18.6 Å². The lowest BCUT2D eigenvalue weighted by Gasteiger charge is -2.28. The van der Waals surface area contributed by atoms with Crippen LogP contribution in [0.2, 0.25) is 0 Å². The quantitative estimate of drug-likeness (QED) is 0.723. The SMILES string of the molecule is COc1ncnc2c1sc1nc(N3CCOCC3)cc(C)c12. The molecule has 0 N–H and O–H groups in total. The molecule has 6 nitrogen and oxygen atoms in total. The van der Waals surface area contributed by atoms with Gasteiger partial charge >= 0.3 is 0 Å². The van der Waals surface area contributed by atoms with Gasteiger partial charge in [0.15, 0.2) is 0 Å². The highest BCUT2D eigenvalue weighted by molar-refractivity contribution is 7.25. The van der Waals surface area contributed by atoms with Gasteiger partial charge in [-0.2, -0.15) is 0 Å². The molecule has 114 valence electrons. The zero-order chi connectivity index (χ0) is 15.1. The maximum Gasteiger partial charge on any atom is 0.234 e. The van der Waals surface area contributed by atoms with Crippen molar-refractivity contribution >= 4 is 37.6 Å². The summed E-state index contributed by atoms with van der Waals surface area (Å²) in [5.74, 6) is 1.62. The Morgan fingerprint density at radius 1 is 1.27 bits per heavy atom. The summed E-state index contributed by atoms with van der Waals surface area (Å²) in [6.07, 6.45) is 1.54. The molecular weight excluding hydrogens is 300 g/mol. The Kier molecular flexibility index (Phi) is 3.31. The summed E-state index contributed by atoms with van der Waals surface area (Å²) in [7, 11) is 1.63. The van der Waals surface area contributed by atoms with E-state index in [1.54, 1.807) is 24.8 Å². The van der Waals surface area contributed by atoms with Crippen molar-refractivity contribution in [3.05, 3.63) is 18.0 Å². The van der Waals surface area contributed by atoms with E-state index in [-0.39, 0.29) is 0 Å². The fourth-order valence-corrected chi connectivity index (χ4v) is 3.98. The van der Waals surface area contributed by atoms with Crippen LogP contribution < -0.4 is 9.64 Å². The van der Waals surface area contributed by atoms with Crippen LogP contribution in [-0.2, 0) is 4.74 Å². The average molecular weight is 316 g/mol. The predicted molar refractivity (Wildman–Crippen MR) is 87.0 cm³/mol. The van der Waals surface area contributed by atoms with Gasteiger partial charge in [0.1, 0.15) is 21.7 Å². The molecule has 0 amide bonds. The monoisotopic (exact) mass is 316 g/mol. The molecule has 0 bridgehead atoms. The lowest BCUT2D eigenvalue weighted by atomic mass is 10.2. The van der Waals surface area contributed by atoms with Crippen LogP contribution >= 0.6 is 11.3 Å². The van der Waals surface area contributed by atoms with Gasteiger partial charge < -0.3 is 14.4 Å². The van der Waals surface area contributed by atoms with Gasteiger partial charge in [0.05, 0.1) is 25.8 Å². The zero-order valence-corrected chi connectivity index (χ0v) is 13.3. The van der Waals surface area contributed by atoms with Crippen molar-refractivity contribution in [3.8, 4) is 5.88 Å². The van der Waals surface area contributed by atoms with Crippen molar-refractivity contribution in [2.75, 3.05) is 38.3 Å². The number of fused-ring (bicyclic) bond motifs is 3. The first-order valence-corrected chi connectivity index (χ1v) is 8.01. The van der Waals surface area contributed by atoms with Crippen LogP contribution in [0.3, 0.4) is 0 Å². The maximum atomic E-state index is 5.42. The molecule has 0 saturated carbocycles. The fourth-order valence-electron chi connectivity index (χ4n) is 2.81. The topological polar surface area (TPSA) is 60.4 Å². The number of ether oxygens (including phenoxy) is 2. The van der Waals surface area contributed by atoms with E-state index < -0.39 is 0 Å². The number of aromatic nitrogens is 3. The van der Waals surface area contributed by atoms with Crippen molar-refractivity contribution in [1.29, 1.82) is 0 Å². The minimum absolute atomic E-state index is 0.611. The molecule has 0 unspecified atom stereocenters. The molecule has 3 aromatic heterocycles. The first kappa shape index (κ1) is 13.7. The molecule has 0 spiro atoms. The molecule has 22 heavy (non-hydrogen) atoms. The van der Waals surface area contributed by atoms with E-state index >= 15 is 0 Å². The maximum absolute atomic E-state index is 5.42. The molecule has 4 rings (SSSR count). The van der Waals surface area contributed by atoms with Crippen LogP contribution in [0.1, 0.15) is 5.56 Å². The van der Waals surface area contributed by atoms with E-state index in [0.717, 1.165) is 52.6 Å². The van der Waals surface area contributed by atoms with Crippen LogP contribution in [0.5, 0.6) is 5.88 Å². The Balaban J connectivity index is 1.92. The molecule has 1 aliphatic rings. The molecule has 1 saturated heterocycles. The van der Waals surface area contributed by atoms with E-state index in [1.807, 2.05) is 0 Å². The lowest BCUT2D eigenvalue weighted by Crippen LogP contribution is -2.36. The number of rotatable bonds is 2. The van der Waals surface area contributed by atoms with Crippen LogP contribution in [0.25, 0.3) is 20.4 Å². The third-order valence-corrected chi connectivity index (χ3v) is 4.97. The number of nitrogens with zero attached hydrogens (tertiary/aromatic N) is 4. The summed E-state index contributed by atoms with van der Waals surface area (Å²) in [6.45, 7) is 5.38. The minimum atomic E-state index is 0.611. The largest absolute Gasteiger partial charge is 0.480 e. The first-order valence-electron chi connectivity index (χ1n) is 7.19. The summed E-state index contributed by atoms with van der Waals surface area (Å²) in [5, 5.41) is 1.10. The number of morpholine rings is 1. The molecule has 0 radical (unpaired) electrons. The Morgan fingerprint density at radius 3 is 2.86 bits per heavy atom. The fraction of sp³-hybridized carbons (Fsp3) is 0.400. The van der Waals surface area contributed by atoms with E-state index in [9.17, 15) is 0 Å². The third-order valence-electron chi connectivity index (χ3n) is 3.91. The van der Waals surface area contributed by atoms with Crippen LogP contribution in [0.4, 0.5) is 5.82 Å². The molecule has 4 heterocycles. The summed E-state index contributed by atoms with van der Waals surface area (Å²) >= 11 is 1.59. The second kappa shape index (κ2) is 5.33. The van der Waals surface area contributed by atoms with E-state index in [1.165, 1.54) is 5.56 Å². The molecule has 0 atom stereocenters. The number of thiophene rings is 1. The molecule has 0 aromatic carbocycles. The predicted octanol–water partition coefficient (Wildman–Crippen LogP) is 2.39. The highest BCUT2D eigenvalue weighted by Crippen LogP contribution is 2.38. The summed E-state index contributed by atoms with van der Waals surface area (Å²) in [5.41, 5.74) is 2.10. The van der Waals surface area contributed by atoms with Gasteiger partial charge in [-0.1, -0.05) is 0 Å². The van der Waals surface area contributed by atoms with Crippen molar-refractivity contribution in [1.82, 2.24) is 15.0 Å². The number of hydrogen-bond donors (Lipinski definition) is 0. The summed E-state index contributed by atoms with van der Waals surface area (Å²) in [4.78, 5) is 16.7. The second-order valence-corrected chi connectivity index (χ2v) is 6.24. The molecule has 1 aliphatic heterocycles. The van der Waals surface area contributed by atoms with E-state index in [2.05, 4.69) is 27.9 Å². The molecule has 1 fully saturated rings. The van der Waals surface area contributed by atoms with Gasteiger partial charge in [0.25, 0.3) is 0 Å². The molecule has 3 aromatic rings. The smallest absolute Gasteiger partial charge is 0.234 e.